The van der Waals surface area contributed by atoms with E-state index < -0.39 is 0 Å². The Morgan fingerprint density at radius 1 is 1.09 bits per heavy atom. The molecule has 1 rings (SSSR count). The monoisotopic (exact) mass is 155 g/mol. The summed E-state index contributed by atoms with van der Waals surface area (Å²) in [6, 6.07) is 0. The highest BCUT2D eigenvalue weighted by Gasteiger charge is 2.63. The number of hydrogen-bond donors (Lipinski definition) is 1. The van der Waals surface area contributed by atoms with Crippen LogP contribution < -0.4 is 5.32 Å². The first-order chi connectivity index (χ1) is 4.94. The summed E-state index contributed by atoms with van der Waals surface area (Å²) in [5, 5.41) is 3.42. The van der Waals surface area contributed by atoms with Gasteiger partial charge in [0.1, 0.15) is 0 Å². The molecule has 0 unspecified atom stereocenters. The molecule has 0 spiro atoms. The van der Waals surface area contributed by atoms with E-state index in [1.54, 1.807) is 0 Å². The van der Waals surface area contributed by atoms with E-state index in [1.807, 2.05) is 0 Å². The van der Waals surface area contributed by atoms with Crippen LogP contribution in [0, 0.1) is 16.7 Å². The summed E-state index contributed by atoms with van der Waals surface area (Å²) in [7, 11) is 0. The summed E-state index contributed by atoms with van der Waals surface area (Å²) in [4.78, 5) is 0. The second kappa shape index (κ2) is 2.48. The Kier molecular flexibility index (Phi) is 2.04. The molecule has 0 aliphatic heterocycles. The minimum absolute atomic E-state index is 0.551. The number of nitrogens with one attached hydrogen (secondary N) is 1. The maximum atomic E-state index is 3.42. The van der Waals surface area contributed by atoms with Crippen molar-refractivity contribution in [2.75, 3.05) is 13.1 Å². The molecule has 0 aromatic heterocycles. The lowest BCUT2D eigenvalue weighted by molar-refractivity contribution is 0.457. The summed E-state index contributed by atoms with van der Waals surface area (Å²) in [6.45, 7) is 13.9. The van der Waals surface area contributed by atoms with Gasteiger partial charge in [0.15, 0.2) is 0 Å². The highest BCUT2D eigenvalue weighted by molar-refractivity contribution is 5.12. The molecule has 1 heteroatoms. The lowest BCUT2D eigenvalue weighted by Crippen LogP contribution is -2.18. The highest BCUT2D eigenvalue weighted by Crippen LogP contribution is 2.67. The summed E-state index contributed by atoms with van der Waals surface area (Å²) < 4.78 is 0. The quantitative estimate of drug-likeness (QED) is 0.659. The first-order valence-corrected chi connectivity index (χ1v) is 4.65. The van der Waals surface area contributed by atoms with Crippen LogP contribution in [0.25, 0.3) is 0 Å². The number of hydrogen-bond acceptors (Lipinski definition) is 1. The molecular weight excluding hydrogens is 134 g/mol. The Labute approximate surface area is 70.6 Å². The van der Waals surface area contributed by atoms with Crippen LogP contribution >= 0.6 is 0 Å². The van der Waals surface area contributed by atoms with Gasteiger partial charge < -0.3 is 5.32 Å². The first kappa shape index (κ1) is 9.05. The van der Waals surface area contributed by atoms with Crippen molar-refractivity contribution in [1.82, 2.24) is 5.32 Å². The largest absolute Gasteiger partial charge is 0.317 e. The van der Waals surface area contributed by atoms with Crippen molar-refractivity contribution >= 4 is 0 Å². The first-order valence-electron chi connectivity index (χ1n) is 4.65. The van der Waals surface area contributed by atoms with Gasteiger partial charge in [0, 0.05) is 0 Å². The van der Waals surface area contributed by atoms with Gasteiger partial charge in [0.25, 0.3) is 0 Å². The molecule has 1 fully saturated rings. The minimum atomic E-state index is 0.551. The molecule has 0 amide bonds. The summed E-state index contributed by atoms with van der Waals surface area (Å²) in [6.07, 6.45) is 0. The SMILES string of the molecule is CCNCC1C(C)(C)C1(C)C. The van der Waals surface area contributed by atoms with Crippen LogP contribution in [0.1, 0.15) is 34.6 Å². The van der Waals surface area contributed by atoms with Crippen molar-refractivity contribution in [2.45, 2.75) is 34.6 Å². The Morgan fingerprint density at radius 3 is 1.82 bits per heavy atom. The molecule has 1 nitrogen and oxygen atoms in total. The Bertz CT molecular complexity index is 133. The third-order valence-electron chi connectivity index (χ3n) is 3.92. The van der Waals surface area contributed by atoms with Crippen LogP contribution in [0.5, 0.6) is 0 Å². The summed E-state index contributed by atoms with van der Waals surface area (Å²) in [5.41, 5.74) is 1.10. The second-order valence-corrected chi connectivity index (χ2v) is 4.80. The molecule has 1 aliphatic carbocycles. The molecular formula is C10H21N. The third kappa shape index (κ3) is 1.20. The van der Waals surface area contributed by atoms with E-state index in [2.05, 4.69) is 39.9 Å². The lowest BCUT2D eigenvalue weighted by atomic mass is 10.0. The minimum Gasteiger partial charge on any atom is -0.317 e. The molecule has 11 heavy (non-hydrogen) atoms. The van der Waals surface area contributed by atoms with Crippen molar-refractivity contribution in [2.24, 2.45) is 16.7 Å². The average molecular weight is 155 g/mol. The lowest BCUT2D eigenvalue weighted by Gasteiger charge is -2.04. The molecule has 0 atom stereocenters. The molecule has 0 radical (unpaired) electrons. The zero-order chi connectivity index (χ0) is 8.70. The van der Waals surface area contributed by atoms with E-state index in [9.17, 15) is 0 Å². The van der Waals surface area contributed by atoms with Gasteiger partial charge in [-0.1, -0.05) is 34.6 Å². The Balaban J connectivity index is 2.41. The highest BCUT2D eigenvalue weighted by atomic mass is 14.9. The maximum Gasteiger partial charge on any atom is -0.00100 e. The fraction of sp³-hybridized carbons (Fsp3) is 1.00. The fourth-order valence-electron chi connectivity index (χ4n) is 2.13. The zero-order valence-corrected chi connectivity index (χ0v) is 8.49. The standard InChI is InChI=1S/C10H21N/c1-6-11-7-8-9(2,3)10(8,4)5/h8,11H,6-7H2,1-5H3. The van der Waals surface area contributed by atoms with E-state index in [0.29, 0.717) is 10.8 Å². The van der Waals surface area contributed by atoms with Crippen LogP contribution in [0.15, 0.2) is 0 Å². The van der Waals surface area contributed by atoms with E-state index in [4.69, 9.17) is 0 Å². The van der Waals surface area contributed by atoms with Gasteiger partial charge in [-0.05, 0) is 29.8 Å². The molecule has 66 valence electrons. The second-order valence-electron chi connectivity index (χ2n) is 4.80. The molecule has 1 saturated carbocycles. The van der Waals surface area contributed by atoms with E-state index in [1.165, 1.54) is 6.54 Å². The maximum absolute atomic E-state index is 3.42. The van der Waals surface area contributed by atoms with Crippen LogP contribution in [0.4, 0.5) is 0 Å². The zero-order valence-electron chi connectivity index (χ0n) is 8.49. The van der Waals surface area contributed by atoms with Gasteiger partial charge in [0.2, 0.25) is 0 Å². The van der Waals surface area contributed by atoms with E-state index in [-0.39, 0.29) is 0 Å². The molecule has 0 heterocycles. The van der Waals surface area contributed by atoms with Gasteiger partial charge in [-0.25, -0.2) is 0 Å². The predicted octanol–water partition coefficient (Wildman–Crippen LogP) is 2.28. The molecule has 0 saturated heterocycles. The smallest absolute Gasteiger partial charge is 0.00100 e. The Morgan fingerprint density at radius 2 is 1.55 bits per heavy atom. The third-order valence-corrected chi connectivity index (χ3v) is 3.92. The van der Waals surface area contributed by atoms with Gasteiger partial charge in [-0.3, -0.25) is 0 Å². The van der Waals surface area contributed by atoms with Gasteiger partial charge in [-0.2, -0.15) is 0 Å². The molecule has 0 aromatic rings. The fourth-order valence-corrected chi connectivity index (χ4v) is 2.13. The molecule has 0 aromatic carbocycles. The summed E-state index contributed by atoms with van der Waals surface area (Å²) >= 11 is 0. The topological polar surface area (TPSA) is 12.0 Å². The molecule has 1 aliphatic rings. The molecule has 1 N–H and O–H groups in total. The van der Waals surface area contributed by atoms with Crippen LogP contribution in [0.3, 0.4) is 0 Å². The van der Waals surface area contributed by atoms with Gasteiger partial charge >= 0.3 is 0 Å². The van der Waals surface area contributed by atoms with Gasteiger partial charge in [-0.15, -0.1) is 0 Å². The van der Waals surface area contributed by atoms with Crippen molar-refractivity contribution in [1.29, 1.82) is 0 Å². The van der Waals surface area contributed by atoms with Crippen molar-refractivity contribution < 1.29 is 0 Å². The normalized spacial score (nSPS) is 27.0. The van der Waals surface area contributed by atoms with Crippen molar-refractivity contribution in [3.05, 3.63) is 0 Å². The van der Waals surface area contributed by atoms with Gasteiger partial charge in [0.05, 0.1) is 0 Å². The predicted molar refractivity (Wildman–Crippen MR) is 49.6 cm³/mol. The van der Waals surface area contributed by atoms with Crippen LogP contribution in [0.2, 0.25) is 0 Å². The number of rotatable bonds is 3. The van der Waals surface area contributed by atoms with Crippen molar-refractivity contribution in [3.8, 4) is 0 Å². The Hall–Kier alpha value is -0.0400. The van der Waals surface area contributed by atoms with Crippen LogP contribution in [-0.4, -0.2) is 13.1 Å². The van der Waals surface area contributed by atoms with E-state index >= 15 is 0 Å². The molecule has 0 bridgehead atoms. The van der Waals surface area contributed by atoms with E-state index in [0.717, 1.165) is 12.5 Å². The van der Waals surface area contributed by atoms with Crippen molar-refractivity contribution in [3.63, 3.8) is 0 Å². The average Bonchev–Trinajstić information content (AvgIpc) is 2.23. The van der Waals surface area contributed by atoms with Crippen LogP contribution in [-0.2, 0) is 0 Å². The summed E-state index contributed by atoms with van der Waals surface area (Å²) in [5.74, 6) is 0.870.